The number of nitrogens with one attached hydrogen (secondary N) is 2. The Bertz CT molecular complexity index is 1720. The lowest BCUT2D eigenvalue weighted by Crippen LogP contribution is -2.53. The molecule has 1 aromatic heterocycles. The van der Waals surface area contributed by atoms with E-state index in [9.17, 15) is 9.59 Å². The third-order valence-corrected chi connectivity index (χ3v) is 13.3. The fraction of sp³-hybridized carbons (Fsp3) is 0.538. The van der Waals surface area contributed by atoms with E-state index in [0.717, 1.165) is 73.7 Å². The van der Waals surface area contributed by atoms with Gasteiger partial charge in [0.25, 0.3) is 0 Å². The van der Waals surface area contributed by atoms with Crippen LogP contribution in [0.3, 0.4) is 0 Å². The number of amides is 2. The molecule has 1 unspecified atom stereocenters. The molecule has 0 bridgehead atoms. The van der Waals surface area contributed by atoms with Crippen molar-refractivity contribution in [1.29, 1.82) is 0 Å². The molecule has 13 heteroatoms. The number of hydrogen-bond acceptors (Lipinski definition) is 11. The van der Waals surface area contributed by atoms with Gasteiger partial charge in [-0.05, 0) is 113 Å². The SMILES string of the molecule is CC1(NCC2CCN(CC3CCN(c4ccc(C5CCC(=O)NC5=O)cc4)CC3)CC2)CCN(c2cnc(Sc3cccc(N)c3Cl)c(N)n2)CC1. The summed E-state index contributed by atoms with van der Waals surface area (Å²) in [5.41, 5.74) is 15.2. The summed E-state index contributed by atoms with van der Waals surface area (Å²) < 4.78 is 0. The molecule has 5 heterocycles. The van der Waals surface area contributed by atoms with E-state index in [2.05, 4.69) is 61.5 Å². The minimum Gasteiger partial charge on any atom is -0.397 e. The van der Waals surface area contributed by atoms with E-state index < -0.39 is 0 Å². The number of carbonyl (C=O) groups is 2. The lowest BCUT2D eigenvalue weighted by atomic mass is 9.87. The van der Waals surface area contributed by atoms with Gasteiger partial charge in [-0.2, -0.15) is 0 Å². The second kappa shape index (κ2) is 16.2. The molecule has 0 spiro atoms. The Hall–Kier alpha value is -3.58. The maximum absolute atomic E-state index is 12.3. The molecule has 6 N–H and O–H groups in total. The van der Waals surface area contributed by atoms with Crippen LogP contribution in [0.2, 0.25) is 5.02 Å². The van der Waals surface area contributed by atoms with E-state index >= 15 is 0 Å². The third kappa shape index (κ3) is 8.78. The number of halogens is 1. The van der Waals surface area contributed by atoms with Crippen LogP contribution in [0, 0.1) is 11.8 Å². The van der Waals surface area contributed by atoms with Crippen molar-refractivity contribution in [2.45, 2.75) is 79.7 Å². The summed E-state index contributed by atoms with van der Waals surface area (Å²) in [5, 5.41) is 7.58. The van der Waals surface area contributed by atoms with E-state index in [-0.39, 0.29) is 23.3 Å². The Labute approximate surface area is 316 Å². The molecular formula is C39H52ClN9O2S. The average molecular weight is 746 g/mol. The predicted molar refractivity (Wildman–Crippen MR) is 210 cm³/mol. The summed E-state index contributed by atoms with van der Waals surface area (Å²) in [7, 11) is 0. The zero-order valence-electron chi connectivity index (χ0n) is 30.2. The van der Waals surface area contributed by atoms with Gasteiger partial charge in [0.1, 0.15) is 10.8 Å². The summed E-state index contributed by atoms with van der Waals surface area (Å²) in [6.07, 6.45) is 9.86. The van der Waals surface area contributed by atoms with Crippen LogP contribution in [0.5, 0.6) is 0 Å². The standard InChI is InChI=1S/C39H52ClN9O2S/c1-39(15-21-49(22-16-39)33-24-43-38(36(42)45-33)52-32-4-2-3-31(41)35(32)40)44-23-26-11-17-47(18-12-26)25-27-13-19-48(20-14-27)29-7-5-28(6-8-29)30-9-10-34(50)46-37(30)51/h2-8,24,26-27,30,44H,9-23,25,41H2,1H3,(H2,42,45)(H,46,50,51). The Morgan fingerprint density at radius 2 is 1.63 bits per heavy atom. The molecule has 4 fully saturated rings. The van der Waals surface area contributed by atoms with Crippen molar-refractivity contribution in [3.8, 4) is 0 Å². The Kier molecular flexibility index (Phi) is 11.5. The van der Waals surface area contributed by atoms with Crippen LogP contribution in [0.4, 0.5) is 23.0 Å². The maximum Gasteiger partial charge on any atom is 0.234 e. The number of likely N-dealkylation sites (tertiary alicyclic amines) is 1. The zero-order chi connectivity index (χ0) is 36.2. The van der Waals surface area contributed by atoms with E-state index in [1.54, 1.807) is 6.07 Å². The molecule has 1 atom stereocenters. The Morgan fingerprint density at radius 1 is 0.923 bits per heavy atom. The quantitative estimate of drug-likeness (QED) is 0.153. The zero-order valence-corrected chi connectivity index (χ0v) is 31.7. The smallest absolute Gasteiger partial charge is 0.234 e. The number of benzene rings is 2. The highest BCUT2D eigenvalue weighted by Crippen LogP contribution is 2.38. The first kappa shape index (κ1) is 36.8. The van der Waals surface area contributed by atoms with E-state index in [4.69, 9.17) is 28.1 Å². The molecule has 4 aliphatic rings. The topological polar surface area (TPSA) is 146 Å². The normalized spacial score (nSPS) is 22.1. The monoisotopic (exact) mass is 745 g/mol. The van der Waals surface area contributed by atoms with Gasteiger partial charge in [0.15, 0.2) is 5.82 Å². The van der Waals surface area contributed by atoms with Gasteiger partial charge in [-0.3, -0.25) is 14.9 Å². The van der Waals surface area contributed by atoms with Crippen LogP contribution in [0.25, 0.3) is 0 Å². The molecule has 2 aromatic carbocycles. The minimum atomic E-state index is -0.224. The highest BCUT2D eigenvalue weighted by Gasteiger charge is 2.33. The van der Waals surface area contributed by atoms with Crippen molar-refractivity contribution in [2.75, 3.05) is 73.6 Å². The third-order valence-electron chi connectivity index (χ3n) is 11.7. The number of imide groups is 1. The van der Waals surface area contributed by atoms with Crippen molar-refractivity contribution in [3.05, 3.63) is 59.2 Å². The summed E-state index contributed by atoms with van der Waals surface area (Å²) in [5.74, 6) is 2.13. The molecule has 4 aliphatic heterocycles. The number of carbonyl (C=O) groups excluding carboxylic acids is 2. The van der Waals surface area contributed by atoms with Crippen molar-refractivity contribution in [2.24, 2.45) is 11.8 Å². The number of nitrogens with zero attached hydrogens (tertiary/aromatic N) is 5. The number of aromatic nitrogens is 2. The first-order valence-corrected chi connectivity index (χ1v) is 20.1. The van der Waals surface area contributed by atoms with Gasteiger partial charge in [0.2, 0.25) is 11.8 Å². The number of anilines is 4. The number of piperidine rings is 4. The fourth-order valence-electron chi connectivity index (χ4n) is 8.16. The number of rotatable bonds is 10. The van der Waals surface area contributed by atoms with E-state index in [1.807, 2.05) is 18.3 Å². The second-order valence-electron chi connectivity index (χ2n) is 15.4. The summed E-state index contributed by atoms with van der Waals surface area (Å²) in [4.78, 5) is 41.4. The molecule has 278 valence electrons. The van der Waals surface area contributed by atoms with Crippen LogP contribution in [0.1, 0.15) is 69.8 Å². The molecule has 4 saturated heterocycles. The van der Waals surface area contributed by atoms with Crippen molar-refractivity contribution in [1.82, 2.24) is 25.5 Å². The number of hydrogen-bond donors (Lipinski definition) is 4. The Balaban J connectivity index is 0.797. The lowest BCUT2D eigenvalue weighted by molar-refractivity contribution is -0.134. The van der Waals surface area contributed by atoms with Gasteiger partial charge in [-0.25, -0.2) is 9.97 Å². The van der Waals surface area contributed by atoms with Crippen LogP contribution in [0.15, 0.2) is 58.6 Å². The summed E-state index contributed by atoms with van der Waals surface area (Å²) in [6.45, 7) is 11.0. The number of nitrogens with two attached hydrogens (primary N) is 2. The summed E-state index contributed by atoms with van der Waals surface area (Å²) in [6, 6.07) is 14.0. The fourth-order valence-corrected chi connectivity index (χ4v) is 9.22. The first-order valence-electron chi connectivity index (χ1n) is 18.9. The second-order valence-corrected chi connectivity index (χ2v) is 16.8. The van der Waals surface area contributed by atoms with Gasteiger partial charge in [0, 0.05) is 55.3 Å². The van der Waals surface area contributed by atoms with Gasteiger partial charge in [-0.1, -0.05) is 41.6 Å². The van der Waals surface area contributed by atoms with E-state index in [1.165, 1.54) is 62.8 Å². The van der Waals surface area contributed by atoms with Gasteiger partial charge < -0.3 is 31.5 Å². The molecule has 52 heavy (non-hydrogen) atoms. The van der Waals surface area contributed by atoms with Crippen LogP contribution < -0.4 is 31.9 Å². The highest BCUT2D eigenvalue weighted by atomic mass is 35.5. The van der Waals surface area contributed by atoms with Crippen molar-refractivity contribution in [3.63, 3.8) is 0 Å². The van der Waals surface area contributed by atoms with E-state index in [0.29, 0.717) is 34.4 Å². The minimum absolute atomic E-state index is 0.117. The van der Waals surface area contributed by atoms with Gasteiger partial charge in [-0.15, -0.1) is 0 Å². The highest BCUT2D eigenvalue weighted by molar-refractivity contribution is 7.99. The number of nitrogen functional groups attached to an aromatic ring is 2. The molecule has 0 saturated carbocycles. The maximum atomic E-state index is 12.3. The van der Waals surface area contributed by atoms with Crippen LogP contribution in [-0.4, -0.2) is 84.6 Å². The van der Waals surface area contributed by atoms with Crippen molar-refractivity contribution < 1.29 is 9.59 Å². The van der Waals surface area contributed by atoms with Gasteiger partial charge in [0.05, 0.1) is 22.8 Å². The Morgan fingerprint density at radius 3 is 2.33 bits per heavy atom. The first-order chi connectivity index (χ1) is 25.1. The molecule has 7 rings (SSSR count). The van der Waals surface area contributed by atoms with Gasteiger partial charge >= 0.3 is 0 Å². The molecule has 3 aromatic rings. The van der Waals surface area contributed by atoms with Crippen LogP contribution in [-0.2, 0) is 9.59 Å². The molecule has 0 aliphatic carbocycles. The largest absolute Gasteiger partial charge is 0.397 e. The van der Waals surface area contributed by atoms with Crippen molar-refractivity contribution >= 4 is 58.2 Å². The molecule has 0 radical (unpaired) electrons. The van der Waals surface area contributed by atoms with Crippen LogP contribution >= 0.6 is 23.4 Å². The molecular weight excluding hydrogens is 694 g/mol. The predicted octanol–water partition coefficient (Wildman–Crippen LogP) is 5.54. The summed E-state index contributed by atoms with van der Waals surface area (Å²) >= 11 is 7.75. The molecule has 11 nitrogen and oxygen atoms in total. The molecule has 2 amide bonds. The average Bonchev–Trinajstić information content (AvgIpc) is 3.15. The lowest BCUT2D eigenvalue weighted by Gasteiger charge is -2.42.